The first kappa shape index (κ1) is 33.3. The Labute approximate surface area is 281 Å². The third-order valence-electron chi connectivity index (χ3n) is 9.26. The van der Waals surface area contributed by atoms with E-state index >= 15 is 0 Å². The number of nitrogens with zero attached hydrogens (tertiary/aromatic N) is 8. The van der Waals surface area contributed by atoms with Gasteiger partial charge in [0, 0.05) is 30.6 Å². The zero-order valence-electron chi connectivity index (χ0n) is 28.8. The topological polar surface area (TPSA) is 122 Å². The second-order valence-corrected chi connectivity index (χ2v) is 14.1. The van der Waals surface area contributed by atoms with Crippen LogP contribution in [0, 0.1) is 0 Å². The molecule has 0 radical (unpaired) electrons. The Morgan fingerprint density at radius 2 is 1.85 bits per heavy atom. The number of pyridine rings is 1. The number of hydroxylamine groups is 1. The molecule has 48 heavy (non-hydrogen) atoms. The van der Waals surface area contributed by atoms with Crippen molar-refractivity contribution < 1.29 is 19.2 Å². The van der Waals surface area contributed by atoms with Crippen LogP contribution in [0.15, 0.2) is 48.7 Å². The van der Waals surface area contributed by atoms with Gasteiger partial charge >= 0.3 is 12.5 Å². The van der Waals surface area contributed by atoms with Gasteiger partial charge in [-0.25, -0.2) is 9.48 Å². The molecule has 2 amide bonds. The first-order chi connectivity index (χ1) is 23.0. The molecule has 1 N–H and O–H groups in total. The number of urea groups is 1. The fraction of sp³-hybridized carbons (Fsp3) is 0.514. The molecule has 0 bridgehead atoms. The molecule has 2 aliphatic rings. The van der Waals surface area contributed by atoms with Crippen LogP contribution in [0.4, 0.5) is 16.6 Å². The van der Waals surface area contributed by atoms with Gasteiger partial charge in [-0.3, -0.25) is 9.20 Å². The third-order valence-corrected chi connectivity index (χ3v) is 9.26. The summed E-state index contributed by atoms with van der Waals surface area (Å²) in [6, 6.07) is 13.2. The minimum absolute atomic E-state index is 0.218. The van der Waals surface area contributed by atoms with Gasteiger partial charge in [-0.1, -0.05) is 45.0 Å². The van der Waals surface area contributed by atoms with E-state index in [0.717, 1.165) is 58.6 Å². The number of carbonyl (C=O) groups is 2. The predicted molar refractivity (Wildman–Crippen MR) is 183 cm³/mol. The monoisotopic (exact) mass is 657 g/mol. The minimum atomic E-state index is -0.551. The first-order valence-electron chi connectivity index (χ1n) is 16.8. The number of aromatic nitrogens is 5. The average Bonchev–Trinajstić information content (AvgIpc) is 3.68. The summed E-state index contributed by atoms with van der Waals surface area (Å²) in [7, 11) is 3.94. The maximum atomic E-state index is 13.8. The second kappa shape index (κ2) is 13.8. The molecular formula is C35H47N9O4. The molecule has 0 saturated carbocycles. The van der Waals surface area contributed by atoms with Gasteiger partial charge in [0.05, 0.1) is 24.5 Å². The van der Waals surface area contributed by atoms with E-state index in [9.17, 15) is 9.59 Å². The second-order valence-electron chi connectivity index (χ2n) is 14.1. The van der Waals surface area contributed by atoms with Crippen molar-refractivity contribution in [3.63, 3.8) is 0 Å². The van der Waals surface area contributed by atoms with Crippen molar-refractivity contribution in [3.05, 3.63) is 65.5 Å². The predicted octanol–water partition coefficient (Wildman–Crippen LogP) is 5.42. The van der Waals surface area contributed by atoms with Crippen LogP contribution in [0.1, 0.15) is 88.8 Å². The summed E-state index contributed by atoms with van der Waals surface area (Å²) in [6.45, 7) is 10.8. The maximum Gasteiger partial charge on any atom is 0.357 e. The number of carbonyl (C=O) groups excluding carboxylic acids is 2. The molecule has 256 valence electrons. The Kier molecular flexibility index (Phi) is 9.58. The van der Waals surface area contributed by atoms with Crippen LogP contribution in [-0.2, 0) is 21.6 Å². The van der Waals surface area contributed by atoms with E-state index in [0.29, 0.717) is 37.8 Å². The highest BCUT2D eigenvalue weighted by molar-refractivity contribution is 5.90. The summed E-state index contributed by atoms with van der Waals surface area (Å²) in [6.07, 6.45) is 6.56. The number of nitrogens with one attached hydrogen (secondary N) is 1. The highest BCUT2D eigenvalue weighted by Crippen LogP contribution is 2.39. The van der Waals surface area contributed by atoms with Gasteiger partial charge in [-0.15, -0.1) is 15.3 Å². The Bertz CT molecular complexity index is 1740. The average molecular weight is 658 g/mol. The van der Waals surface area contributed by atoms with Crippen LogP contribution >= 0.6 is 0 Å². The first-order valence-corrected chi connectivity index (χ1v) is 16.8. The number of anilines is 2. The van der Waals surface area contributed by atoms with E-state index in [1.54, 1.807) is 10.7 Å². The van der Waals surface area contributed by atoms with Gasteiger partial charge in [0.25, 0.3) is 0 Å². The highest BCUT2D eigenvalue weighted by Gasteiger charge is 2.33. The van der Waals surface area contributed by atoms with Crippen molar-refractivity contribution in [3.8, 4) is 5.75 Å². The van der Waals surface area contributed by atoms with Crippen LogP contribution in [-0.4, -0.2) is 75.0 Å². The summed E-state index contributed by atoms with van der Waals surface area (Å²) in [4.78, 5) is 35.2. The van der Waals surface area contributed by atoms with Crippen molar-refractivity contribution in [2.45, 2.75) is 89.9 Å². The van der Waals surface area contributed by atoms with Crippen molar-refractivity contribution in [2.24, 2.45) is 0 Å². The summed E-state index contributed by atoms with van der Waals surface area (Å²) < 4.78 is 10.4. The molecule has 4 aromatic rings. The summed E-state index contributed by atoms with van der Waals surface area (Å²) >= 11 is 0. The standard InChI is InChI=1S/C35H47N9O4/c1-24-11-9-10-18-41(24)33-38-37-31-17-14-25(22-42(31)33)48-29-16-15-28(26-12-7-8-13-27(26)29)36-34(46)44(47-23-45)32-21-30(35(2,3)4)39-43(32)20-19-40(5)6/h7-8,12-14,17,21-24,28-29H,9-11,15-16,18-20H2,1-6H3,(H,36,46)/t24-,28-,29+/m0/s1. The molecule has 4 heterocycles. The molecule has 1 aromatic carbocycles. The van der Waals surface area contributed by atoms with Crippen LogP contribution in [0.2, 0.25) is 0 Å². The van der Waals surface area contributed by atoms with Gasteiger partial charge in [0.1, 0.15) is 11.9 Å². The number of ether oxygens (including phenoxy) is 1. The molecule has 1 aliphatic heterocycles. The Morgan fingerprint density at radius 3 is 2.58 bits per heavy atom. The van der Waals surface area contributed by atoms with Gasteiger partial charge in [0.2, 0.25) is 5.95 Å². The summed E-state index contributed by atoms with van der Waals surface area (Å²) in [5, 5.41) is 17.8. The number of amides is 2. The van der Waals surface area contributed by atoms with Crippen LogP contribution in [0.25, 0.3) is 5.65 Å². The van der Waals surface area contributed by atoms with E-state index in [2.05, 4.69) is 48.1 Å². The molecule has 13 nitrogen and oxygen atoms in total. The molecule has 0 spiro atoms. The molecule has 3 atom stereocenters. The summed E-state index contributed by atoms with van der Waals surface area (Å²) in [5.74, 6) is 1.95. The van der Waals surface area contributed by atoms with Crippen molar-refractivity contribution >= 4 is 29.9 Å². The number of fused-ring (bicyclic) bond motifs is 2. The van der Waals surface area contributed by atoms with Crippen LogP contribution < -0.4 is 20.0 Å². The number of benzene rings is 1. The Hall–Kier alpha value is -4.65. The highest BCUT2D eigenvalue weighted by atomic mass is 16.7. The van der Waals surface area contributed by atoms with Gasteiger partial charge < -0.3 is 24.7 Å². The molecule has 1 saturated heterocycles. The van der Waals surface area contributed by atoms with Crippen LogP contribution in [0.5, 0.6) is 5.75 Å². The van der Waals surface area contributed by atoms with E-state index in [1.165, 1.54) is 6.42 Å². The molecule has 6 rings (SSSR count). The van der Waals surface area contributed by atoms with Crippen molar-refractivity contribution in [1.82, 2.24) is 34.6 Å². The lowest BCUT2D eigenvalue weighted by molar-refractivity contribution is -0.129. The minimum Gasteiger partial charge on any atom is -0.484 e. The third kappa shape index (κ3) is 6.96. The van der Waals surface area contributed by atoms with Crippen molar-refractivity contribution in [1.29, 1.82) is 0 Å². The zero-order valence-corrected chi connectivity index (χ0v) is 28.8. The lowest BCUT2D eigenvalue weighted by atomic mass is 9.85. The Balaban J connectivity index is 1.22. The molecule has 1 fully saturated rings. The lowest BCUT2D eigenvalue weighted by Gasteiger charge is -2.34. The van der Waals surface area contributed by atoms with Gasteiger partial charge in [0.15, 0.2) is 11.5 Å². The number of hydrogen-bond acceptors (Lipinski definition) is 9. The SMILES string of the molecule is C[C@H]1CCCCN1c1nnc2ccc(O[C@@H]3CC[C@H](NC(=O)N(OC=O)c4cc(C(C)(C)C)nn4CCN(C)C)c4ccccc43)cn12. The molecule has 13 heteroatoms. The molecule has 3 aromatic heterocycles. The smallest absolute Gasteiger partial charge is 0.357 e. The quantitative estimate of drug-likeness (QED) is 0.176. The van der Waals surface area contributed by atoms with Gasteiger partial charge in [-0.05, 0) is 76.4 Å². The summed E-state index contributed by atoms with van der Waals surface area (Å²) in [5.41, 5.74) is 3.25. The molecular weight excluding hydrogens is 610 g/mol. The normalized spacial score (nSPS) is 19.6. The Morgan fingerprint density at radius 1 is 1.06 bits per heavy atom. The largest absolute Gasteiger partial charge is 0.484 e. The number of rotatable bonds is 10. The molecule has 1 aliphatic carbocycles. The van der Waals surface area contributed by atoms with Crippen molar-refractivity contribution in [2.75, 3.05) is 37.1 Å². The number of piperidine rings is 1. The fourth-order valence-electron chi connectivity index (χ4n) is 6.56. The number of hydrogen-bond donors (Lipinski definition) is 1. The molecule has 0 unspecified atom stereocenters. The fourth-order valence-corrected chi connectivity index (χ4v) is 6.56. The van der Waals surface area contributed by atoms with Gasteiger partial charge in [-0.2, -0.15) is 5.10 Å². The van der Waals surface area contributed by atoms with E-state index in [1.807, 2.05) is 66.0 Å². The van der Waals surface area contributed by atoms with E-state index in [-0.39, 0.29) is 24.0 Å². The van der Waals surface area contributed by atoms with E-state index < -0.39 is 6.03 Å². The van der Waals surface area contributed by atoms with Crippen LogP contribution in [0.3, 0.4) is 0 Å². The maximum absolute atomic E-state index is 13.8. The number of likely N-dealkylation sites (N-methyl/N-ethyl adjacent to an activating group) is 1. The van der Waals surface area contributed by atoms with E-state index in [4.69, 9.17) is 14.7 Å². The zero-order chi connectivity index (χ0) is 34.0. The lowest BCUT2D eigenvalue weighted by Crippen LogP contribution is -2.44.